The summed E-state index contributed by atoms with van der Waals surface area (Å²) in [5.41, 5.74) is 1.14. The molecule has 2 rings (SSSR count). The Morgan fingerprint density at radius 3 is 2.67 bits per heavy atom. The van der Waals surface area contributed by atoms with Crippen molar-refractivity contribution in [1.82, 2.24) is 4.98 Å². The van der Waals surface area contributed by atoms with Crippen LogP contribution in [0.15, 0.2) is 24.3 Å². The molecule has 15 heavy (non-hydrogen) atoms. The summed E-state index contributed by atoms with van der Waals surface area (Å²) in [6.07, 6.45) is 0. The molecule has 0 fully saturated rings. The summed E-state index contributed by atoms with van der Waals surface area (Å²) in [5, 5.41) is 18.9. The summed E-state index contributed by atoms with van der Waals surface area (Å²) >= 11 is 0. The Labute approximate surface area is 85.8 Å². The van der Waals surface area contributed by atoms with Gasteiger partial charge in [-0.25, -0.2) is 4.79 Å². The minimum atomic E-state index is -1.04. The van der Waals surface area contributed by atoms with Crippen molar-refractivity contribution in [1.29, 1.82) is 0 Å². The van der Waals surface area contributed by atoms with E-state index in [0.29, 0.717) is 10.9 Å². The average Bonchev–Trinajstić information content (AvgIpc) is 2.17. The molecule has 0 aliphatic carbocycles. The van der Waals surface area contributed by atoms with E-state index in [2.05, 4.69) is 4.98 Å². The Hall–Kier alpha value is -2.10. The van der Waals surface area contributed by atoms with E-state index < -0.39 is 5.97 Å². The molecule has 0 unspecified atom stereocenters. The number of carbonyl (C=O) groups is 1. The second kappa shape index (κ2) is 3.24. The molecule has 2 aromatic rings. The zero-order valence-corrected chi connectivity index (χ0v) is 8.06. The SMILES string of the molecule is Cc1ccc2c(O)ccc(C(=O)O)c2n1. The lowest BCUT2D eigenvalue weighted by molar-refractivity contribution is 0.0699. The Bertz CT molecular complexity index is 549. The number of aryl methyl sites for hydroxylation is 1. The summed E-state index contributed by atoms with van der Waals surface area (Å²) in [6, 6.07) is 6.11. The number of carboxylic acid groups (broad SMARTS) is 1. The van der Waals surface area contributed by atoms with E-state index in [0.717, 1.165) is 5.69 Å². The van der Waals surface area contributed by atoms with Gasteiger partial charge in [-0.05, 0) is 31.2 Å². The monoisotopic (exact) mass is 203 g/mol. The highest BCUT2D eigenvalue weighted by molar-refractivity contribution is 6.03. The number of aromatic carboxylic acids is 1. The first-order valence-electron chi connectivity index (χ1n) is 4.42. The van der Waals surface area contributed by atoms with Crippen LogP contribution in [0.5, 0.6) is 5.75 Å². The number of carboxylic acids is 1. The van der Waals surface area contributed by atoms with E-state index >= 15 is 0 Å². The van der Waals surface area contributed by atoms with Gasteiger partial charge < -0.3 is 10.2 Å². The number of aromatic hydroxyl groups is 1. The van der Waals surface area contributed by atoms with Gasteiger partial charge in [-0.1, -0.05) is 0 Å². The van der Waals surface area contributed by atoms with Crippen LogP contribution >= 0.6 is 0 Å². The third kappa shape index (κ3) is 1.50. The number of pyridine rings is 1. The van der Waals surface area contributed by atoms with Gasteiger partial charge in [0.25, 0.3) is 0 Å². The lowest BCUT2D eigenvalue weighted by Gasteiger charge is -2.04. The van der Waals surface area contributed by atoms with E-state index in [4.69, 9.17) is 5.11 Å². The third-order valence-corrected chi connectivity index (χ3v) is 2.20. The number of fused-ring (bicyclic) bond motifs is 1. The van der Waals surface area contributed by atoms with Gasteiger partial charge in [0.2, 0.25) is 0 Å². The molecule has 0 aliphatic heterocycles. The van der Waals surface area contributed by atoms with Crippen LogP contribution in [0.4, 0.5) is 0 Å². The van der Waals surface area contributed by atoms with E-state index in [9.17, 15) is 9.90 Å². The first-order valence-corrected chi connectivity index (χ1v) is 4.42. The summed E-state index contributed by atoms with van der Waals surface area (Å²) in [4.78, 5) is 15.0. The fourth-order valence-electron chi connectivity index (χ4n) is 1.47. The molecule has 0 bridgehead atoms. The molecule has 4 nitrogen and oxygen atoms in total. The number of hydrogen-bond donors (Lipinski definition) is 2. The van der Waals surface area contributed by atoms with Gasteiger partial charge in [-0.2, -0.15) is 0 Å². The summed E-state index contributed by atoms with van der Waals surface area (Å²) in [7, 11) is 0. The Morgan fingerprint density at radius 1 is 1.27 bits per heavy atom. The molecule has 0 atom stereocenters. The quantitative estimate of drug-likeness (QED) is 0.743. The minimum absolute atomic E-state index is 0.0440. The van der Waals surface area contributed by atoms with Gasteiger partial charge in [-0.15, -0.1) is 0 Å². The number of phenols is 1. The summed E-state index contributed by atoms with van der Waals surface area (Å²) < 4.78 is 0. The van der Waals surface area contributed by atoms with Crippen molar-refractivity contribution in [3.05, 3.63) is 35.5 Å². The molecule has 0 spiro atoms. The maximum absolute atomic E-state index is 10.9. The van der Waals surface area contributed by atoms with E-state index in [-0.39, 0.29) is 11.3 Å². The van der Waals surface area contributed by atoms with Crippen LogP contribution in [0.2, 0.25) is 0 Å². The number of nitrogens with zero attached hydrogens (tertiary/aromatic N) is 1. The molecule has 1 heterocycles. The van der Waals surface area contributed by atoms with Gasteiger partial charge in [0.1, 0.15) is 5.75 Å². The number of aromatic nitrogens is 1. The Kier molecular flexibility index (Phi) is 2.04. The Balaban J connectivity index is 2.90. The van der Waals surface area contributed by atoms with Gasteiger partial charge >= 0.3 is 5.97 Å². The minimum Gasteiger partial charge on any atom is -0.507 e. The van der Waals surface area contributed by atoms with Crippen molar-refractivity contribution in [2.75, 3.05) is 0 Å². The molecular formula is C11H9NO3. The van der Waals surface area contributed by atoms with Crippen LogP contribution < -0.4 is 0 Å². The van der Waals surface area contributed by atoms with Crippen molar-refractivity contribution in [3.63, 3.8) is 0 Å². The third-order valence-electron chi connectivity index (χ3n) is 2.20. The molecule has 4 heteroatoms. The standard InChI is InChI=1S/C11H9NO3/c1-6-2-3-7-9(13)5-4-8(11(14)15)10(7)12-6/h2-5,13H,1H3,(H,14,15). The van der Waals surface area contributed by atoms with Gasteiger partial charge in [0, 0.05) is 11.1 Å². The Morgan fingerprint density at radius 2 is 2.00 bits per heavy atom. The molecule has 0 aliphatic rings. The number of hydrogen-bond acceptors (Lipinski definition) is 3. The predicted molar refractivity (Wildman–Crippen MR) is 55.1 cm³/mol. The molecule has 0 saturated heterocycles. The van der Waals surface area contributed by atoms with Crippen molar-refractivity contribution in [2.45, 2.75) is 6.92 Å². The predicted octanol–water partition coefficient (Wildman–Crippen LogP) is 1.95. The zero-order chi connectivity index (χ0) is 11.0. The van der Waals surface area contributed by atoms with Crippen molar-refractivity contribution in [2.24, 2.45) is 0 Å². The van der Waals surface area contributed by atoms with Crippen LogP contribution in [-0.4, -0.2) is 21.2 Å². The van der Waals surface area contributed by atoms with E-state index in [1.54, 1.807) is 19.1 Å². The largest absolute Gasteiger partial charge is 0.507 e. The highest BCUT2D eigenvalue weighted by Crippen LogP contribution is 2.26. The van der Waals surface area contributed by atoms with Crippen molar-refractivity contribution < 1.29 is 15.0 Å². The molecule has 0 saturated carbocycles. The fourth-order valence-corrected chi connectivity index (χ4v) is 1.47. The molecule has 1 aromatic heterocycles. The van der Waals surface area contributed by atoms with Gasteiger partial charge in [-0.3, -0.25) is 4.98 Å². The molecule has 2 N–H and O–H groups in total. The van der Waals surface area contributed by atoms with E-state index in [1.165, 1.54) is 12.1 Å². The van der Waals surface area contributed by atoms with Crippen LogP contribution in [0.3, 0.4) is 0 Å². The van der Waals surface area contributed by atoms with Crippen LogP contribution in [0, 0.1) is 6.92 Å². The first kappa shape index (κ1) is 9.45. The maximum atomic E-state index is 10.9. The van der Waals surface area contributed by atoms with Gasteiger partial charge in [0.15, 0.2) is 0 Å². The fraction of sp³-hybridized carbons (Fsp3) is 0.0909. The topological polar surface area (TPSA) is 70.4 Å². The second-order valence-electron chi connectivity index (χ2n) is 3.29. The summed E-state index contributed by atoms with van der Waals surface area (Å²) in [5.74, 6) is -0.999. The van der Waals surface area contributed by atoms with Crippen LogP contribution in [0.25, 0.3) is 10.9 Å². The van der Waals surface area contributed by atoms with Crippen LogP contribution in [-0.2, 0) is 0 Å². The smallest absolute Gasteiger partial charge is 0.337 e. The van der Waals surface area contributed by atoms with Gasteiger partial charge in [0.05, 0.1) is 11.1 Å². The van der Waals surface area contributed by atoms with Crippen molar-refractivity contribution in [3.8, 4) is 5.75 Å². The normalized spacial score (nSPS) is 10.5. The lowest BCUT2D eigenvalue weighted by atomic mass is 10.1. The molecule has 1 aromatic carbocycles. The zero-order valence-electron chi connectivity index (χ0n) is 8.06. The highest BCUT2D eigenvalue weighted by Gasteiger charge is 2.12. The van der Waals surface area contributed by atoms with Crippen molar-refractivity contribution >= 4 is 16.9 Å². The lowest BCUT2D eigenvalue weighted by Crippen LogP contribution is -1.99. The van der Waals surface area contributed by atoms with Crippen LogP contribution in [0.1, 0.15) is 16.1 Å². The average molecular weight is 203 g/mol. The number of phenolic OH excluding ortho intramolecular Hbond substituents is 1. The second-order valence-corrected chi connectivity index (χ2v) is 3.29. The number of benzene rings is 1. The molecule has 0 amide bonds. The summed E-state index contributed by atoms with van der Waals surface area (Å²) in [6.45, 7) is 1.77. The molecular weight excluding hydrogens is 194 g/mol. The molecule has 0 radical (unpaired) electrons. The number of rotatable bonds is 1. The first-order chi connectivity index (χ1) is 7.09. The maximum Gasteiger partial charge on any atom is 0.337 e. The van der Waals surface area contributed by atoms with E-state index in [1.807, 2.05) is 0 Å². The highest BCUT2D eigenvalue weighted by atomic mass is 16.4. The molecule has 76 valence electrons.